The van der Waals surface area contributed by atoms with Crippen molar-refractivity contribution in [3.8, 4) is 0 Å². The molecule has 16 heavy (non-hydrogen) atoms. The SMILES string of the molecule is CC(C)C(=O)c1cn(C2CCCCC2)cn1. The Labute approximate surface area is 96.9 Å². The van der Waals surface area contributed by atoms with Gasteiger partial charge in [-0.25, -0.2) is 4.98 Å². The molecular weight excluding hydrogens is 200 g/mol. The monoisotopic (exact) mass is 220 g/mol. The molecule has 3 heteroatoms. The van der Waals surface area contributed by atoms with Crippen LogP contribution in [0.2, 0.25) is 0 Å². The van der Waals surface area contributed by atoms with E-state index in [9.17, 15) is 4.79 Å². The third-order valence-electron chi connectivity index (χ3n) is 3.37. The van der Waals surface area contributed by atoms with Crippen molar-refractivity contribution in [2.45, 2.75) is 52.0 Å². The highest BCUT2D eigenvalue weighted by atomic mass is 16.1. The molecule has 0 saturated heterocycles. The van der Waals surface area contributed by atoms with Gasteiger partial charge in [0.2, 0.25) is 0 Å². The van der Waals surface area contributed by atoms with Crippen molar-refractivity contribution in [2.75, 3.05) is 0 Å². The van der Waals surface area contributed by atoms with Gasteiger partial charge in [0.15, 0.2) is 5.78 Å². The molecule has 0 amide bonds. The van der Waals surface area contributed by atoms with E-state index in [2.05, 4.69) is 9.55 Å². The molecular formula is C13H20N2O. The van der Waals surface area contributed by atoms with E-state index in [1.165, 1.54) is 32.1 Å². The molecule has 1 saturated carbocycles. The van der Waals surface area contributed by atoms with Gasteiger partial charge >= 0.3 is 0 Å². The summed E-state index contributed by atoms with van der Waals surface area (Å²) in [5.41, 5.74) is 0.626. The van der Waals surface area contributed by atoms with E-state index in [0.717, 1.165) is 0 Å². The summed E-state index contributed by atoms with van der Waals surface area (Å²) < 4.78 is 2.13. The second-order valence-electron chi connectivity index (χ2n) is 5.02. The predicted molar refractivity (Wildman–Crippen MR) is 63.5 cm³/mol. The van der Waals surface area contributed by atoms with Gasteiger partial charge in [-0.05, 0) is 12.8 Å². The summed E-state index contributed by atoms with van der Waals surface area (Å²) in [5.74, 6) is 0.185. The largest absolute Gasteiger partial charge is 0.334 e. The minimum Gasteiger partial charge on any atom is -0.334 e. The second-order valence-corrected chi connectivity index (χ2v) is 5.02. The Morgan fingerprint density at radius 2 is 2.06 bits per heavy atom. The van der Waals surface area contributed by atoms with Gasteiger partial charge in [0.05, 0.1) is 6.33 Å². The lowest BCUT2D eigenvalue weighted by molar-refractivity contribution is 0.0934. The first-order valence-electron chi connectivity index (χ1n) is 6.26. The smallest absolute Gasteiger partial charge is 0.185 e. The zero-order valence-corrected chi connectivity index (χ0v) is 10.1. The molecule has 1 fully saturated rings. The van der Waals surface area contributed by atoms with E-state index >= 15 is 0 Å². The van der Waals surface area contributed by atoms with Crippen LogP contribution >= 0.6 is 0 Å². The predicted octanol–water partition coefficient (Wildman–Crippen LogP) is 3.23. The maximum Gasteiger partial charge on any atom is 0.185 e. The van der Waals surface area contributed by atoms with Crippen molar-refractivity contribution in [1.82, 2.24) is 9.55 Å². The fraction of sp³-hybridized carbons (Fsp3) is 0.692. The molecule has 1 aromatic rings. The van der Waals surface area contributed by atoms with Gasteiger partial charge in [0.1, 0.15) is 5.69 Å². The molecule has 1 aliphatic rings. The average Bonchev–Trinajstić information content (AvgIpc) is 2.78. The van der Waals surface area contributed by atoms with Crippen LogP contribution in [0, 0.1) is 5.92 Å². The Morgan fingerprint density at radius 3 is 2.69 bits per heavy atom. The Hall–Kier alpha value is -1.12. The quantitative estimate of drug-likeness (QED) is 0.733. The lowest BCUT2D eigenvalue weighted by Gasteiger charge is -2.22. The molecule has 3 nitrogen and oxygen atoms in total. The second kappa shape index (κ2) is 4.81. The highest BCUT2D eigenvalue weighted by molar-refractivity contribution is 5.95. The fourth-order valence-corrected chi connectivity index (χ4v) is 2.34. The molecule has 0 bridgehead atoms. The topological polar surface area (TPSA) is 34.9 Å². The van der Waals surface area contributed by atoms with Crippen molar-refractivity contribution in [3.05, 3.63) is 18.2 Å². The molecule has 2 rings (SSSR count). The molecule has 0 aliphatic heterocycles. The Morgan fingerprint density at radius 1 is 1.38 bits per heavy atom. The van der Waals surface area contributed by atoms with Crippen LogP contribution in [0.3, 0.4) is 0 Å². The highest BCUT2D eigenvalue weighted by Gasteiger charge is 2.18. The Balaban J connectivity index is 2.09. The van der Waals surface area contributed by atoms with E-state index in [1.54, 1.807) is 0 Å². The Kier molecular flexibility index (Phi) is 3.42. The lowest BCUT2D eigenvalue weighted by atomic mass is 9.95. The van der Waals surface area contributed by atoms with Crippen LogP contribution in [-0.4, -0.2) is 15.3 Å². The molecule has 1 aliphatic carbocycles. The van der Waals surface area contributed by atoms with Crippen LogP contribution in [0.4, 0.5) is 0 Å². The number of rotatable bonds is 3. The van der Waals surface area contributed by atoms with Crippen molar-refractivity contribution in [2.24, 2.45) is 5.92 Å². The van der Waals surface area contributed by atoms with Crippen LogP contribution in [0.15, 0.2) is 12.5 Å². The molecule has 0 aromatic carbocycles. The standard InChI is InChI=1S/C13H20N2O/c1-10(2)13(16)12-8-15(9-14-12)11-6-4-3-5-7-11/h8-11H,3-7H2,1-2H3. The van der Waals surface area contributed by atoms with Gasteiger partial charge in [-0.2, -0.15) is 0 Å². The summed E-state index contributed by atoms with van der Waals surface area (Å²) in [7, 11) is 0. The van der Waals surface area contributed by atoms with Crippen molar-refractivity contribution in [3.63, 3.8) is 0 Å². The Bertz CT molecular complexity index is 362. The zero-order valence-electron chi connectivity index (χ0n) is 10.1. The molecule has 0 unspecified atom stereocenters. The van der Waals surface area contributed by atoms with Gasteiger partial charge in [-0.15, -0.1) is 0 Å². The van der Waals surface area contributed by atoms with Crippen molar-refractivity contribution in [1.29, 1.82) is 0 Å². The number of hydrogen-bond donors (Lipinski definition) is 0. The first kappa shape index (κ1) is 11.4. The summed E-state index contributed by atoms with van der Waals surface area (Å²) >= 11 is 0. The number of Topliss-reactive ketones (excluding diaryl/α,β-unsaturated/α-hetero) is 1. The van der Waals surface area contributed by atoms with E-state index in [4.69, 9.17) is 0 Å². The highest BCUT2D eigenvalue weighted by Crippen LogP contribution is 2.28. The molecule has 88 valence electrons. The number of aromatic nitrogens is 2. The normalized spacial score (nSPS) is 17.9. The van der Waals surface area contributed by atoms with Crippen LogP contribution in [-0.2, 0) is 0 Å². The lowest BCUT2D eigenvalue weighted by Crippen LogP contribution is -2.11. The van der Waals surface area contributed by atoms with E-state index in [1.807, 2.05) is 26.4 Å². The van der Waals surface area contributed by atoms with Crippen LogP contribution in [0.1, 0.15) is 62.5 Å². The molecule has 0 radical (unpaired) electrons. The molecule has 0 spiro atoms. The van der Waals surface area contributed by atoms with Crippen molar-refractivity contribution >= 4 is 5.78 Å². The molecule has 1 aromatic heterocycles. The zero-order chi connectivity index (χ0) is 11.5. The fourth-order valence-electron chi connectivity index (χ4n) is 2.34. The number of imidazole rings is 1. The van der Waals surface area contributed by atoms with Gasteiger partial charge in [0, 0.05) is 18.2 Å². The first-order valence-corrected chi connectivity index (χ1v) is 6.26. The van der Waals surface area contributed by atoms with E-state index in [-0.39, 0.29) is 11.7 Å². The third kappa shape index (κ3) is 2.34. The first-order chi connectivity index (χ1) is 7.68. The summed E-state index contributed by atoms with van der Waals surface area (Å²) in [6.07, 6.45) is 10.2. The number of carbonyl (C=O) groups is 1. The number of nitrogens with zero attached hydrogens (tertiary/aromatic N) is 2. The van der Waals surface area contributed by atoms with Gasteiger partial charge in [-0.3, -0.25) is 4.79 Å². The number of carbonyl (C=O) groups excluding carboxylic acids is 1. The maximum absolute atomic E-state index is 11.8. The van der Waals surface area contributed by atoms with Crippen molar-refractivity contribution < 1.29 is 4.79 Å². The molecule has 0 atom stereocenters. The maximum atomic E-state index is 11.8. The van der Waals surface area contributed by atoms with Crippen LogP contribution in [0.25, 0.3) is 0 Å². The third-order valence-corrected chi connectivity index (χ3v) is 3.37. The number of ketones is 1. The van der Waals surface area contributed by atoms with Gasteiger partial charge in [-0.1, -0.05) is 33.1 Å². The summed E-state index contributed by atoms with van der Waals surface area (Å²) in [5, 5.41) is 0. The summed E-state index contributed by atoms with van der Waals surface area (Å²) in [4.78, 5) is 16.0. The van der Waals surface area contributed by atoms with Crippen LogP contribution in [0.5, 0.6) is 0 Å². The van der Waals surface area contributed by atoms with Gasteiger partial charge in [0.25, 0.3) is 0 Å². The summed E-state index contributed by atoms with van der Waals surface area (Å²) in [6.45, 7) is 3.84. The van der Waals surface area contributed by atoms with Crippen LogP contribution < -0.4 is 0 Å². The number of hydrogen-bond acceptors (Lipinski definition) is 2. The summed E-state index contributed by atoms with van der Waals surface area (Å²) in [6, 6.07) is 0.565. The average molecular weight is 220 g/mol. The van der Waals surface area contributed by atoms with E-state index < -0.39 is 0 Å². The minimum absolute atomic E-state index is 0.0368. The molecule has 0 N–H and O–H groups in total. The molecule has 1 heterocycles. The van der Waals surface area contributed by atoms with Gasteiger partial charge < -0.3 is 4.57 Å². The minimum atomic E-state index is 0.0368. The van der Waals surface area contributed by atoms with E-state index in [0.29, 0.717) is 11.7 Å².